The van der Waals surface area contributed by atoms with Gasteiger partial charge in [0.15, 0.2) is 0 Å². The van der Waals surface area contributed by atoms with E-state index >= 15 is 0 Å². The van der Waals surface area contributed by atoms with Gasteiger partial charge >= 0.3 is 5.97 Å². The Morgan fingerprint density at radius 1 is 1.17 bits per heavy atom. The second kappa shape index (κ2) is 9.87. The molecular formula is C23H31N3O4. The number of carbonyl (C=O) groups is 1. The van der Waals surface area contributed by atoms with E-state index in [1.165, 1.54) is 0 Å². The highest BCUT2D eigenvalue weighted by Crippen LogP contribution is 2.39. The number of hydrogen-bond donors (Lipinski definition) is 1. The summed E-state index contributed by atoms with van der Waals surface area (Å²) in [7, 11) is 1.63. The summed E-state index contributed by atoms with van der Waals surface area (Å²) in [5.41, 5.74) is 1.99. The zero-order valence-electron chi connectivity index (χ0n) is 18.2. The maximum atomic E-state index is 11.2. The number of nitrogens with zero attached hydrogens (tertiary/aromatic N) is 3. The molecular weight excluding hydrogens is 382 g/mol. The molecule has 0 amide bonds. The molecule has 0 bridgehead atoms. The highest BCUT2D eigenvalue weighted by Gasteiger charge is 2.29. The fraction of sp³-hybridized carbons (Fsp3) is 0.565. The van der Waals surface area contributed by atoms with Crippen LogP contribution in [0, 0.1) is 18.8 Å². The Labute approximate surface area is 177 Å². The van der Waals surface area contributed by atoms with Crippen molar-refractivity contribution in [1.82, 2.24) is 15.0 Å². The number of aryl methyl sites for hydroxylation is 1. The third kappa shape index (κ3) is 5.26. The van der Waals surface area contributed by atoms with Crippen molar-refractivity contribution in [3.8, 4) is 11.6 Å². The molecule has 3 rings (SSSR count). The maximum Gasteiger partial charge on any atom is 0.306 e. The zero-order chi connectivity index (χ0) is 21.7. The lowest BCUT2D eigenvalue weighted by Crippen LogP contribution is -2.22. The molecule has 0 unspecified atom stereocenters. The molecule has 1 aliphatic carbocycles. The van der Waals surface area contributed by atoms with Crippen molar-refractivity contribution in [1.29, 1.82) is 0 Å². The van der Waals surface area contributed by atoms with Crippen LogP contribution in [0.3, 0.4) is 0 Å². The number of rotatable bonds is 8. The number of ether oxygens (including phenoxy) is 2. The van der Waals surface area contributed by atoms with E-state index in [0.717, 1.165) is 29.8 Å². The van der Waals surface area contributed by atoms with E-state index in [1.54, 1.807) is 13.3 Å². The van der Waals surface area contributed by atoms with Gasteiger partial charge in [-0.15, -0.1) is 0 Å². The first-order valence-corrected chi connectivity index (χ1v) is 10.6. The van der Waals surface area contributed by atoms with Crippen molar-refractivity contribution in [2.75, 3.05) is 13.7 Å². The number of carboxylic acids is 1. The standard InChI is InChI=1S/C23H31N3O4/c1-14(15(2)21-10-9-19(29-4)11-25-21)13-30-22-20(12-24-16(3)26-22)17-5-7-18(8-6-17)23(27)28/h9-12,14-15,17-18H,5-8,13H2,1-4H3,(H,27,28)/t14-,15+,17-,18+/m1/s1. The molecule has 1 saturated carbocycles. The lowest BCUT2D eigenvalue weighted by atomic mass is 9.79. The number of pyridine rings is 1. The minimum atomic E-state index is -0.694. The van der Waals surface area contributed by atoms with Gasteiger partial charge in [-0.3, -0.25) is 9.78 Å². The van der Waals surface area contributed by atoms with Gasteiger partial charge in [-0.2, -0.15) is 4.98 Å². The summed E-state index contributed by atoms with van der Waals surface area (Å²) in [6.07, 6.45) is 6.60. The largest absolute Gasteiger partial charge is 0.495 e. The van der Waals surface area contributed by atoms with Crippen LogP contribution < -0.4 is 9.47 Å². The van der Waals surface area contributed by atoms with Crippen LogP contribution >= 0.6 is 0 Å². The molecule has 162 valence electrons. The van der Waals surface area contributed by atoms with Gasteiger partial charge in [-0.05, 0) is 56.6 Å². The molecule has 1 N–H and O–H groups in total. The van der Waals surface area contributed by atoms with E-state index in [9.17, 15) is 9.90 Å². The molecule has 2 atom stereocenters. The normalized spacial score (nSPS) is 20.9. The van der Waals surface area contributed by atoms with Gasteiger partial charge in [0.2, 0.25) is 5.88 Å². The molecule has 1 fully saturated rings. The van der Waals surface area contributed by atoms with E-state index in [2.05, 4.69) is 28.8 Å². The third-order valence-electron chi connectivity index (χ3n) is 6.21. The molecule has 0 aromatic carbocycles. The number of carboxylic acid groups (broad SMARTS) is 1. The molecule has 30 heavy (non-hydrogen) atoms. The lowest BCUT2D eigenvalue weighted by molar-refractivity contribution is -0.142. The summed E-state index contributed by atoms with van der Waals surface area (Å²) >= 11 is 0. The number of aliphatic carboxylic acids is 1. The van der Waals surface area contributed by atoms with E-state index in [0.29, 0.717) is 31.2 Å². The minimum Gasteiger partial charge on any atom is -0.495 e. The van der Waals surface area contributed by atoms with Crippen molar-refractivity contribution < 1.29 is 19.4 Å². The first-order chi connectivity index (χ1) is 14.4. The Kier molecular flexibility index (Phi) is 7.24. The van der Waals surface area contributed by atoms with Crippen LogP contribution in [0.15, 0.2) is 24.5 Å². The highest BCUT2D eigenvalue weighted by molar-refractivity contribution is 5.70. The van der Waals surface area contributed by atoms with Gasteiger partial charge in [0, 0.05) is 23.4 Å². The summed E-state index contributed by atoms with van der Waals surface area (Å²) in [6.45, 7) is 6.65. The van der Waals surface area contributed by atoms with Crippen LogP contribution in [-0.4, -0.2) is 39.7 Å². The van der Waals surface area contributed by atoms with Crippen molar-refractivity contribution in [3.63, 3.8) is 0 Å². The highest BCUT2D eigenvalue weighted by atomic mass is 16.5. The fourth-order valence-corrected chi connectivity index (χ4v) is 3.93. The molecule has 0 spiro atoms. The average Bonchev–Trinajstić information content (AvgIpc) is 2.77. The molecule has 2 heterocycles. The second-order valence-corrected chi connectivity index (χ2v) is 8.26. The molecule has 2 aromatic rings. The first kappa shape index (κ1) is 22.0. The van der Waals surface area contributed by atoms with Crippen LogP contribution in [0.4, 0.5) is 0 Å². The molecule has 0 radical (unpaired) electrons. The summed E-state index contributed by atoms with van der Waals surface area (Å²) in [5, 5.41) is 9.25. The molecule has 7 heteroatoms. The van der Waals surface area contributed by atoms with E-state index < -0.39 is 5.97 Å². The van der Waals surface area contributed by atoms with Crippen LogP contribution in [0.1, 0.15) is 68.4 Å². The van der Waals surface area contributed by atoms with Gasteiger partial charge in [0.1, 0.15) is 11.6 Å². The van der Waals surface area contributed by atoms with Gasteiger partial charge in [-0.25, -0.2) is 4.98 Å². The molecule has 7 nitrogen and oxygen atoms in total. The Hall–Kier alpha value is -2.70. The van der Waals surface area contributed by atoms with E-state index in [-0.39, 0.29) is 23.7 Å². The monoisotopic (exact) mass is 413 g/mol. The van der Waals surface area contributed by atoms with E-state index in [4.69, 9.17) is 9.47 Å². The summed E-state index contributed by atoms with van der Waals surface area (Å²) < 4.78 is 11.4. The lowest BCUT2D eigenvalue weighted by Gasteiger charge is -2.27. The summed E-state index contributed by atoms with van der Waals surface area (Å²) in [6, 6.07) is 3.91. The van der Waals surface area contributed by atoms with Crippen LogP contribution in [0.2, 0.25) is 0 Å². The molecule has 1 aliphatic rings. The molecule has 2 aromatic heterocycles. The topological polar surface area (TPSA) is 94.4 Å². The van der Waals surface area contributed by atoms with Crippen molar-refractivity contribution in [2.45, 2.75) is 58.3 Å². The van der Waals surface area contributed by atoms with Gasteiger partial charge in [-0.1, -0.05) is 13.8 Å². The predicted octanol–water partition coefficient (Wildman–Crippen LogP) is 4.37. The Balaban J connectivity index is 1.65. The van der Waals surface area contributed by atoms with Crippen LogP contribution in [0.5, 0.6) is 11.6 Å². The Morgan fingerprint density at radius 3 is 2.50 bits per heavy atom. The van der Waals surface area contributed by atoms with Crippen LogP contribution in [0.25, 0.3) is 0 Å². The summed E-state index contributed by atoms with van der Waals surface area (Å²) in [4.78, 5) is 24.7. The maximum absolute atomic E-state index is 11.2. The van der Waals surface area contributed by atoms with Crippen molar-refractivity contribution >= 4 is 5.97 Å². The summed E-state index contributed by atoms with van der Waals surface area (Å²) in [5.74, 6) is 1.80. The van der Waals surface area contributed by atoms with Gasteiger partial charge < -0.3 is 14.6 Å². The number of aromatic nitrogens is 3. The molecule has 0 aliphatic heterocycles. The van der Waals surface area contributed by atoms with Crippen molar-refractivity contribution in [2.24, 2.45) is 11.8 Å². The Morgan fingerprint density at radius 2 is 1.90 bits per heavy atom. The van der Waals surface area contributed by atoms with Crippen LogP contribution in [-0.2, 0) is 4.79 Å². The predicted molar refractivity (Wildman–Crippen MR) is 113 cm³/mol. The SMILES string of the molecule is COc1ccc([C@@H](C)[C@H](C)COc2nc(C)ncc2[C@H]2CC[C@@H](C(=O)O)CC2)nc1. The zero-order valence-corrected chi connectivity index (χ0v) is 18.2. The Bertz CT molecular complexity index is 848. The number of methoxy groups -OCH3 is 1. The number of hydrogen-bond acceptors (Lipinski definition) is 6. The van der Waals surface area contributed by atoms with Gasteiger partial charge in [0.05, 0.1) is 25.8 Å². The third-order valence-corrected chi connectivity index (χ3v) is 6.21. The fourth-order valence-electron chi connectivity index (χ4n) is 3.93. The van der Waals surface area contributed by atoms with E-state index in [1.807, 2.05) is 25.3 Å². The quantitative estimate of drug-likeness (QED) is 0.687. The minimum absolute atomic E-state index is 0.216. The first-order valence-electron chi connectivity index (χ1n) is 10.6. The average molecular weight is 414 g/mol. The molecule has 0 saturated heterocycles. The smallest absolute Gasteiger partial charge is 0.306 e. The van der Waals surface area contributed by atoms with Gasteiger partial charge in [0.25, 0.3) is 0 Å². The second-order valence-electron chi connectivity index (χ2n) is 8.26. The van der Waals surface area contributed by atoms with Crippen molar-refractivity contribution in [3.05, 3.63) is 41.6 Å².